The van der Waals surface area contributed by atoms with Gasteiger partial charge in [-0.05, 0) is 24.3 Å². The van der Waals surface area contributed by atoms with E-state index in [1.165, 1.54) is 0 Å². The summed E-state index contributed by atoms with van der Waals surface area (Å²) >= 11 is 1.55. The van der Waals surface area contributed by atoms with Crippen LogP contribution in [0.25, 0.3) is 12.2 Å². The quantitative estimate of drug-likeness (QED) is 0.772. The number of benzene rings is 2. The molecule has 122 valence electrons. The van der Waals surface area contributed by atoms with Gasteiger partial charge in [-0.3, -0.25) is 4.79 Å². The number of para-hydroxylation sites is 2. The van der Waals surface area contributed by atoms with E-state index >= 15 is 0 Å². The van der Waals surface area contributed by atoms with E-state index < -0.39 is 0 Å². The highest BCUT2D eigenvalue weighted by Gasteiger charge is 2.24. The van der Waals surface area contributed by atoms with Gasteiger partial charge in [0.25, 0.3) is 0 Å². The van der Waals surface area contributed by atoms with Crippen molar-refractivity contribution < 1.29 is 14.3 Å². The van der Waals surface area contributed by atoms with E-state index in [2.05, 4.69) is 0 Å². The molecule has 1 aliphatic rings. The van der Waals surface area contributed by atoms with Crippen LogP contribution in [0.4, 0.5) is 0 Å². The molecule has 1 heterocycles. The smallest absolute Gasteiger partial charge is 0.196 e. The summed E-state index contributed by atoms with van der Waals surface area (Å²) in [4.78, 5) is 13.4. The number of carbonyl (C=O) groups is 1. The lowest BCUT2D eigenvalue weighted by Crippen LogP contribution is -1.97. The number of rotatable bonds is 4. The molecule has 0 radical (unpaired) electrons. The predicted molar refractivity (Wildman–Crippen MR) is 99.4 cm³/mol. The fourth-order valence-corrected chi connectivity index (χ4v) is 3.56. The van der Waals surface area contributed by atoms with Crippen molar-refractivity contribution in [1.82, 2.24) is 0 Å². The fourth-order valence-electron chi connectivity index (χ4n) is 2.56. The summed E-state index contributed by atoms with van der Waals surface area (Å²) < 4.78 is 10.7. The number of ether oxygens (including phenoxy) is 2. The van der Waals surface area contributed by atoms with E-state index in [1.54, 1.807) is 26.0 Å². The number of carbonyl (C=O) groups excluding carboxylic acids is 1. The van der Waals surface area contributed by atoms with Crippen molar-refractivity contribution in [2.45, 2.75) is 0 Å². The summed E-state index contributed by atoms with van der Waals surface area (Å²) in [6.45, 7) is 0. The molecule has 3 nitrogen and oxygen atoms in total. The molecule has 0 unspecified atom stereocenters. The summed E-state index contributed by atoms with van der Waals surface area (Å²) in [5.74, 6) is 2.26. The zero-order valence-electron chi connectivity index (χ0n) is 13.6. The maximum absolute atomic E-state index is 12.7. The third kappa shape index (κ3) is 3.39. The largest absolute Gasteiger partial charge is 0.496 e. The van der Waals surface area contributed by atoms with Gasteiger partial charge in [0.05, 0.1) is 19.1 Å². The van der Waals surface area contributed by atoms with Gasteiger partial charge in [0.1, 0.15) is 11.5 Å². The molecule has 0 atom stereocenters. The maximum atomic E-state index is 12.7. The Balaban J connectivity index is 1.90. The van der Waals surface area contributed by atoms with Gasteiger partial charge in [-0.2, -0.15) is 0 Å². The molecule has 24 heavy (non-hydrogen) atoms. The molecule has 0 aromatic heterocycles. The number of Topliss-reactive ketones (excluding diaryl/α,β-unsaturated/α-hetero) is 1. The molecule has 1 aliphatic heterocycles. The first kappa shape index (κ1) is 16.4. The van der Waals surface area contributed by atoms with Crippen LogP contribution in [0.15, 0.2) is 59.0 Å². The molecule has 1 saturated heterocycles. The number of ketones is 1. The number of thioether (sulfide) groups is 1. The Morgan fingerprint density at radius 2 is 1.42 bits per heavy atom. The third-order valence-electron chi connectivity index (χ3n) is 3.79. The Hall–Kier alpha value is -2.46. The van der Waals surface area contributed by atoms with E-state index in [-0.39, 0.29) is 5.78 Å². The Morgan fingerprint density at radius 3 is 2.00 bits per heavy atom. The second kappa shape index (κ2) is 7.41. The first-order chi connectivity index (χ1) is 11.7. The zero-order valence-corrected chi connectivity index (χ0v) is 14.4. The number of hydrogen-bond donors (Lipinski definition) is 0. The Morgan fingerprint density at radius 1 is 0.875 bits per heavy atom. The molecule has 0 bridgehead atoms. The molecule has 3 rings (SSSR count). The van der Waals surface area contributed by atoms with Crippen LogP contribution in [-0.4, -0.2) is 25.8 Å². The van der Waals surface area contributed by atoms with Crippen molar-refractivity contribution in [1.29, 1.82) is 0 Å². The lowest BCUT2D eigenvalue weighted by molar-refractivity contribution is -0.111. The van der Waals surface area contributed by atoms with Crippen LogP contribution < -0.4 is 9.47 Å². The highest BCUT2D eigenvalue weighted by Crippen LogP contribution is 2.36. The van der Waals surface area contributed by atoms with Gasteiger partial charge in [-0.15, -0.1) is 11.8 Å². The van der Waals surface area contributed by atoms with Crippen molar-refractivity contribution in [2.24, 2.45) is 0 Å². The number of hydrogen-bond acceptors (Lipinski definition) is 4. The number of methoxy groups -OCH3 is 2. The topological polar surface area (TPSA) is 35.5 Å². The van der Waals surface area contributed by atoms with Gasteiger partial charge in [0, 0.05) is 22.5 Å². The molecule has 2 aromatic rings. The van der Waals surface area contributed by atoms with Gasteiger partial charge in [-0.25, -0.2) is 0 Å². The van der Waals surface area contributed by atoms with E-state index in [1.807, 2.05) is 60.7 Å². The molecule has 4 heteroatoms. The average Bonchev–Trinajstić information content (AvgIpc) is 2.96. The molecule has 0 spiro atoms. The minimum absolute atomic E-state index is 0.0665. The SMILES string of the molecule is COc1ccccc1C=C1CSC(=Cc2ccccc2OC)C1=O. The second-order valence-electron chi connectivity index (χ2n) is 5.28. The van der Waals surface area contributed by atoms with Gasteiger partial charge < -0.3 is 9.47 Å². The Labute approximate surface area is 146 Å². The van der Waals surface area contributed by atoms with Gasteiger partial charge >= 0.3 is 0 Å². The molecular weight excluding hydrogens is 320 g/mol. The zero-order chi connectivity index (χ0) is 16.9. The monoisotopic (exact) mass is 338 g/mol. The van der Waals surface area contributed by atoms with Crippen LogP contribution in [-0.2, 0) is 4.79 Å². The molecule has 0 N–H and O–H groups in total. The third-order valence-corrected chi connectivity index (χ3v) is 4.86. The normalized spacial score (nSPS) is 17.5. The molecule has 0 aliphatic carbocycles. The first-order valence-corrected chi connectivity index (χ1v) is 8.57. The van der Waals surface area contributed by atoms with Gasteiger partial charge in [0.2, 0.25) is 0 Å². The molecule has 1 fully saturated rings. The Kier molecular flexibility index (Phi) is 5.06. The van der Waals surface area contributed by atoms with E-state index in [4.69, 9.17) is 9.47 Å². The summed E-state index contributed by atoms with van der Waals surface area (Å²) in [5.41, 5.74) is 2.61. The van der Waals surface area contributed by atoms with Crippen molar-refractivity contribution in [3.05, 3.63) is 70.1 Å². The van der Waals surface area contributed by atoms with Crippen molar-refractivity contribution in [3.8, 4) is 11.5 Å². The van der Waals surface area contributed by atoms with Gasteiger partial charge in [0.15, 0.2) is 5.78 Å². The second-order valence-corrected chi connectivity index (χ2v) is 6.30. The van der Waals surface area contributed by atoms with Crippen molar-refractivity contribution >= 4 is 29.7 Å². The van der Waals surface area contributed by atoms with Crippen molar-refractivity contribution in [3.63, 3.8) is 0 Å². The fraction of sp³-hybridized carbons (Fsp3) is 0.150. The summed E-state index contributed by atoms with van der Waals surface area (Å²) in [7, 11) is 3.27. The Bertz CT molecular complexity index is 754. The van der Waals surface area contributed by atoms with Crippen LogP contribution in [0.5, 0.6) is 11.5 Å². The van der Waals surface area contributed by atoms with Crippen LogP contribution >= 0.6 is 11.8 Å². The molecule has 2 aromatic carbocycles. The lowest BCUT2D eigenvalue weighted by Gasteiger charge is -2.05. The molecular formula is C20H18O3S. The van der Waals surface area contributed by atoms with Crippen LogP contribution in [0.3, 0.4) is 0 Å². The van der Waals surface area contributed by atoms with E-state index in [0.29, 0.717) is 5.75 Å². The van der Waals surface area contributed by atoms with E-state index in [0.717, 1.165) is 33.1 Å². The van der Waals surface area contributed by atoms with E-state index in [9.17, 15) is 4.79 Å². The molecule has 0 saturated carbocycles. The number of allylic oxidation sites excluding steroid dienone is 1. The average molecular weight is 338 g/mol. The first-order valence-electron chi connectivity index (χ1n) is 7.58. The van der Waals surface area contributed by atoms with Crippen LogP contribution in [0.1, 0.15) is 11.1 Å². The molecule has 0 amide bonds. The van der Waals surface area contributed by atoms with Gasteiger partial charge in [-0.1, -0.05) is 36.4 Å². The lowest BCUT2D eigenvalue weighted by atomic mass is 10.1. The summed E-state index contributed by atoms with van der Waals surface area (Å²) in [6, 6.07) is 15.4. The highest BCUT2D eigenvalue weighted by atomic mass is 32.2. The van der Waals surface area contributed by atoms with Crippen LogP contribution in [0, 0.1) is 0 Å². The summed E-state index contributed by atoms with van der Waals surface area (Å²) in [5, 5.41) is 0. The minimum Gasteiger partial charge on any atom is -0.496 e. The maximum Gasteiger partial charge on any atom is 0.196 e. The standard InChI is InChI=1S/C20H18O3S/c1-22-17-9-5-3-7-14(17)11-16-13-24-19(20(16)21)12-15-8-4-6-10-18(15)23-2/h3-12H,13H2,1-2H3. The van der Waals surface area contributed by atoms with Crippen molar-refractivity contribution in [2.75, 3.05) is 20.0 Å². The minimum atomic E-state index is 0.0665. The summed E-state index contributed by atoms with van der Waals surface area (Å²) in [6.07, 6.45) is 3.81. The highest BCUT2D eigenvalue weighted by molar-refractivity contribution is 8.05. The predicted octanol–water partition coefficient (Wildman–Crippen LogP) is 4.44. The van der Waals surface area contributed by atoms with Crippen LogP contribution in [0.2, 0.25) is 0 Å².